The predicted molar refractivity (Wildman–Crippen MR) is 85.6 cm³/mol. The first-order chi connectivity index (χ1) is 12.8. The molecular weight excluding hydrogens is 416 g/mol. The fourth-order valence-corrected chi connectivity index (χ4v) is 2.73. The van der Waals surface area contributed by atoms with Crippen molar-refractivity contribution in [2.75, 3.05) is 11.9 Å². The smallest absolute Gasteiger partial charge is 0.482 e. The van der Waals surface area contributed by atoms with E-state index in [9.17, 15) is 39.6 Å². The number of sulfone groups is 1. The highest BCUT2D eigenvalue weighted by Gasteiger charge is 2.46. The molecule has 0 aliphatic rings. The predicted octanol–water partition coefficient (Wildman–Crippen LogP) is 4.17. The van der Waals surface area contributed by atoms with Gasteiger partial charge in [-0.05, 0) is 36.4 Å². The quantitative estimate of drug-likeness (QED) is 0.727. The van der Waals surface area contributed by atoms with Crippen molar-refractivity contribution >= 4 is 21.4 Å². The number of hydrogen-bond acceptors (Lipinski definition) is 4. The van der Waals surface area contributed by atoms with Crippen LogP contribution in [-0.4, -0.2) is 32.6 Å². The number of hydrogen-bond donors (Lipinski definition) is 1. The minimum Gasteiger partial charge on any atom is -0.482 e. The second-order valence-corrected chi connectivity index (χ2v) is 7.27. The summed E-state index contributed by atoms with van der Waals surface area (Å²) in [5.41, 5.74) is -5.82. The number of benzene rings is 2. The van der Waals surface area contributed by atoms with Crippen LogP contribution in [0.4, 0.5) is 32.0 Å². The molecular formula is C16H11F6NO4S. The summed E-state index contributed by atoms with van der Waals surface area (Å²) in [5.74, 6) is -1.16. The van der Waals surface area contributed by atoms with Crippen LogP contribution < -0.4 is 10.1 Å². The number of alkyl halides is 6. The number of carbonyl (C=O) groups is 1. The molecule has 2 aromatic carbocycles. The SMILES string of the molecule is O=C(Nc1ccccc1OCC(F)(F)F)c1ccc(S(=O)(=O)C(F)(F)F)cc1. The van der Waals surface area contributed by atoms with Crippen molar-refractivity contribution in [1.29, 1.82) is 0 Å². The molecule has 0 aromatic heterocycles. The molecule has 1 amide bonds. The largest absolute Gasteiger partial charge is 0.501 e. The van der Waals surface area contributed by atoms with Crippen LogP contribution in [0.2, 0.25) is 0 Å². The van der Waals surface area contributed by atoms with E-state index in [2.05, 4.69) is 10.1 Å². The molecule has 0 spiro atoms. The zero-order valence-electron chi connectivity index (χ0n) is 13.6. The van der Waals surface area contributed by atoms with E-state index in [4.69, 9.17) is 0 Å². The minimum absolute atomic E-state index is 0.108. The molecule has 0 saturated carbocycles. The van der Waals surface area contributed by atoms with Gasteiger partial charge in [-0.2, -0.15) is 26.3 Å². The average molecular weight is 427 g/mol. The van der Waals surface area contributed by atoms with Crippen LogP contribution >= 0.6 is 0 Å². The number of para-hydroxylation sites is 2. The van der Waals surface area contributed by atoms with Crippen LogP contribution in [0, 0.1) is 0 Å². The number of rotatable bonds is 5. The maximum Gasteiger partial charge on any atom is 0.501 e. The van der Waals surface area contributed by atoms with Crippen LogP contribution in [0.5, 0.6) is 5.75 Å². The van der Waals surface area contributed by atoms with Crippen molar-refractivity contribution in [1.82, 2.24) is 0 Å². The minimum atomic E-state index is -5.56. The van der Waals surface area contributed by atoms with Crippen LogP contribution in [0.25, 0.3) is 0 Å². The lowest BCUT2D eigenvalue weighted by Crippen LogP contribution is -2.23. The average Bonchev–Trinajstić information content (AvgIpc) is 2.59. The molecule has 2 aromatic rings. The summed E-state index contributed by atoms with van der Waals surface area (Å²) < 4.78 is 102. The van der Waals surface area contributed by atoms with Crippen molar-refractivity contribution in [2.24, 2.45) is 0 Å². The molecule has 28 heavy (non-hydrogen) atoms. The van der Waals surface area contributed by atoms with Gasteiger partial charge in [-0.15, -0.1) is 0 Å². The Labute approximate surface area is 154 Å². The lowest BCUT2D eigenvalue weighted by molar-refractivity contribution is -0.153. The summed E-state index contributed by atoms with van der Waals surface area (Å²) >= 11 is 0. The van der Waals surface area contributed by atoms with Gasteiger partial charge in [0.15, 0.2) is 6.61 Å². The molecule has 0 saturated heterocycles. The van der Waals surface area contributed by atoms with E-state index in [1.165, 1.54) is 24.3 Å². The Balaban J connectivity index is 2.18. The highest BCUT2D eigenvalue weighted by molar-refractivity contribution is 7.92. The van der Waals surface area contributed by atoms with Crippen molar-refractivity contribution in [2.45, 2.75) is 16.6 Å². The molecule has 152 valence electrons. The summed E-state index contributed by atoms with van der Waals surface area (Å²) in [6.45, 7) is -1.59. The second kappa shape index (κ2) is 7.70. The van der Waals surface area contributed by atoms with Gasteiger partial charge in [-0.1, -0.05) is 12.1 Å². The van der Waals surface area contributed by atoms with Crippen molar-refractivity contribution < 1.29 is 44.3 Å². The summed E-state index contributed by atoms with van der Waals surface area (Å²) in [5, 5.41) is 2.25. The lowest BCUT2D eigenvalue weighted by Gasteiger charge is -2.14. The third-order valence-corrected chi connectivity index (χ3v) is 4.76. The Morgan fingerprint density at radius 1 is 0.929 bits per heavy atom. The topological polar surface area (TPSA) is 72.5 Å². The molecule has 12 heteroatoms. The molecule has 0 aliphatic heterocycles. The highest BCUT2D eigenvalue weighted by Crippen LogP contribution is 2.31. The number of nitrogens with one attached hydrogen (secondary N) is 1. The summed E-state index contributed by atoms with van der Waals surface area (Å²) in [6, 6.07) is 8.10. The van der Waals surface area contributed by atoms with E-state index in [1.807, 2.05) is 0 Å². The number of halogens is 6. The Morgan fingerprint density at radius 3 is 2.04 bits per heavy atom. The van der Waals surface area contributed by atoms with Gasteiger partial charge in [-0.3, -0.25) is 4.79 Å². The number of anilines is 1. The first-order valence-electron chi connectivity index (χ1n) is 7.32. The molecule has 0 heterocycles. The van der Waals surface area contributed by atoms with Gasteiger partial charge in [-0.25, -0.2) is 8.42 Å². The number of ether oxygens (including phenoxy) is 1. The summed E-state index contributed by atoms with van der Waals surface area (Å²) in [4.78, 5) is 11.1. The van der Waals surface area contributed by atoms with E-state index in [-0.39, 0.29) is 17.0 Å². The highest BCUT2D eigenvalue weighted by atomic mass is 32.2. The third kappa shape index (κ3) is 5.15. The van der Waals surface area contributed by atoms with E-state index in [0.717, 1.165) is 12.1 Å². The number of amides is 1. The monoisotopic (exact) mass is 427 g/mol. The van der Waals surface area contributed by atoms with Gasteiger partial charge in [0.1, 0.15) is 5.75 Å². The first kappa shape index (κ1) is 21.5. The van der Waals surface area contributed by atoms with Gasteiger partial charge in [0, 0.05) is 5.56 Å². The van der Waals surface area contributed by atoms with Gasteiger partial charge in [0.2, 0.25) is 0 Å². The summed E-state index contributed by atoms with van der Waals surface area (Å²) in [7, 11) is -5.56. The maximum absolute atomic E-state index is 12.5. The Hall–Kier alpha value is -2.76. The van der Waals surface area contributed by atoms with Gasteiger partial charge in [0.25, 0.3) is 15.7 Å². The van der Waals surface area contributed by atoms with E-state index in [1.54, 1.807) is 0 Å². The molecule has 0 aliphatic carbocycles. The number of carbonyl (C=O) groups excluding carboxylic acids is 1. The second-order valence-electron chi connectivity index (χ2n) is 5.33. The maximum atomic E-state index is 12.5. The molecule has 0 atom stereocenters. The van der Waals surface area contributed by atoms with Crippen molar-refractivity contribution in [3.63, 3.8) is 0 Å². The summed E-state index contributed by atoms with van der Waals surface area (Å²) in [6.07, 6.45) is -4.60. The van der Waals surface area contributed by atoms with Crippen LogP contribution in [0.3, 0.4) is 0 Å². The van der Waals surface area contributed by atoms with Gasteiger partial charge < -0.3 is 10.1 Å². The Morgan fingerprint density at radius 2 is 1.50 bits per heavy atom. The molecule has 1 N–H and O–H groups in total. The van der Waals surface area contributed by atoms with Crippen LogP contribution in [0.15, 0.2) is 53.4 Å². The molecule has 0 fully saturated rings. The van der Waals surface area contributed by atoms with E-state index in [0.29, 0.717) is 12.1 Å². The third-order valence-electron chi connectivity index (χ3n) is 3.26. The zero-order chi connectivity index (χ0) is 21.2. The zero-order valence-corrected chi connectivity index (χ0v) is 14.5. The molecule has 5 nitrogen and oxygen atoms in total. The Bertz CT molecular complexity index is 952. The molecule has 2 rings (SSSR count). The lowest BCUT2D eigenvalue weighted by atomic mass is 10.2. The van der Waals surface area contributed by atoms with E-state index >= 15 is 0 Å². The Kier molecular flexibility index (Phi) is 5.92. The fourth-order valence-electron chi connectivity index (χ4n) is 1.97. The van der Waals surface area contributed by atoms with E-state index < -0.39 is 38.9 Å². The fraction of sp³-hybridized carbons (Fsp3) is 0.188. The van der Waals surface area contributed by atoms with Crippen LogP contribution in [0.1, 0.15) is 10.4 Å². The van der Waals surface area contributed by atoms with Crippen molar-refractivity contribution in [3.05, 3.63) is 54.1 Å². The normalized spacial score (nSPS) is 12.5. The van der Waals surface area contributed by atoms with Crippen molar-refractivity contribution in [3.8, 4) is 5.75 Å². The first-order valence-corrected chi connectivity index (χ1v) is 8.81. The molecule has 0 unspecified atom stereocenters. The van der Waals surface area contributed by atoms with Gasteiger partial charge >= 0.3 is 11.7 Å². The standard InChI is InChI=1S/C16H11F6NO4S/c17-15(18,19)9-27-13-4-2-1-3-12(13)23-14(24)10-5-7-11(8-6-10)28(25,26)16(20,21)22/h1-8H,9H2,(H,23,24). The van der Waals surface area contributed by atoms with Crippen LogP contribution in [-0.2, 0) is 9.84 Å². The molecule has 0 bridgehead atoms. The van der Waals surface area contributed by atoms with Gasteiger partial charge in [0.05, 0.1) is 10.6 Å². The molecule has 0 radical (unpaired) electrons.